The maximum Gasteiger partial charge on any atom is 0.336 e. The Labute approximate surface area is 128 Å². The second-order valence-electron chi connectivity index (χ2n) is 5.47. The van der Waals surface area contributed by atoms with E-state index in [-0.39, 0.29) is 34.1 Å². The molecule has 1 heterocycles. The van der Waals surface area contributed by atoms with Crippen molar-refractivity contribution in [2.45, 2.75) is 30.8 Å². The molecule has 0 aromatic heterocycles. The van der Waals surface area contributed by atoms with Gasteiger partial charge < -0.3 is 10.2 Å². The summed E-state index contributed by atoms with van der Waals surface area (Å²) in [5.41, 5.74) is -1.08. The van der Waals surface area contributed by atoms with Crippen molar-refractivity contribution in [2.75, 3.05) is 13.1 Å². The third-order valence-corrected chi connectivity index (χ3v) is 5.78. The van der Waals surface area contributed by atoms with Crippen molar-refractivity contribution in [3.8, 4) is 0 Å². The molecule has 1 unspecified atom stereocenters. The lowest BCUT2D eigenvalue weighted by Crippen LogP contribution is -2.34. The minimum atomic E-state index is -3.89. The number of benzene rings is 1. The first-order valence-corrected chi connectivity index (χ1v) is 8.12. The van der Waals surface area contributed by atoms with E-state index in [4.69, 9.17) is 16.7 Å². The van der Waals surface area contributed by atoms with E-state index in [1.807, 2.05) is 0 Å². The van der Waals surface area contributed by atoms with E-state index in [0.29, 0.717) is 6.42 Å². The number of hydrogen-bond donors (Lipinski definition) is 2. The van der Waals surface area contributed by atoms with Gasteiger partial charge in [0.05, 0.1) is 16.1 Å². The quantitative estimate of drug-likeness (QED) is 0.874. The molecule has 0 amide bonds. The number of hydrogen-bond acceptors (Lipinski definition) is 4. The molecule has 8 heteroatoms. The zero-order chi connectivity index (χ0) is 16.0. The van der Waals surface area contributed by atoms with Crippen LogP contribution in [0.1, 0.15) is 29.3 Å². The van der Waals surface area contributed by atoms with Crippen molar-refractivity contribution in [1.29, 1.82) is 0 Å². The fourth-order valence-electron chi connectivity index (χ4n) is 2.39. The fraction of sp³-hybridized carbons (Fsp3) is 0.462. The lowest BCUT2D eigenvalue weighted by Gasteiger charge is -2.20. The monoisotopic (exact) mass is 333 g/mol. The number of β-amino-alcohol motifs (C(OH)–C–C–N with tert-alkyl or cyclic N) is 1. The molecule has 116 valence electrons. The number of sulfonamides is 1. The molecule has 2 N–H and O–H groups in total. The Morgan fingerprint density at radius 2 is 2.05 bits per heavy atom. The van der Waals surface area contributed by atoms with Crippen molar-refractivity contribution < 1.29 is 23.4 Å². The number of carbonyl (C=O) groups is 1. The molecule has 2 rings (SSSR count). The second-order valence-corrected chi connectivity index (χ2v) is 7.81. The predicted molar refractivity (Wildman–Crippen MR) is 77.1 cm³/mol. The van der Waals surface area contributed by atoms with Gasteiger partial charge >= 0.3 is 5.97 Å². The molecule has 21 heavy (non-hydrogen) atoms. The molecule has 0 saturated carbocycles. The van der Waals surface area contributed by atoms with E-state index in [9.17, 15) is 18.3 Å². The molecule has 1 atom stereocenters. The topological polar surface area (TPSA) is 94.9 Å². The van der Waals surface area contributed by atoms with Gasteiger partial charge in [-0.05, 0) is 38.0 Å². The molecular formula is C13H16ClNO5S. The normalized spacial score (nSPS) is 23.4. The van der Waals surface area contributed by atoms with Gasteiger partial charge in [-0.1, -0.05) is 11.6 Å². The highest BCUT2D eigenvalue weighted by Crippen LogP contribution is 2.31. The molecular weight excluding hydrogens is 318 g/mol. The fourth-order valence-corrected chi connectivity index (χ4v) is 4.51. The summed E-state index contributed by atoms with van der Waals surface area (Å²) in [6, 6.07) is 2.46. The number of carboxylic acid groups (broad SMARTS) is 1. The molecule has 6 nitrogen and oxygen atoms in total. The van der Waals surface area contributed by atoms with Crippen LogP contribution in [-0.4, -0.2) is 47.6 Å². The maximum absolute atomic E-state index is 12.6. The zero-order valence-electron chi connectivity index (χ0n) is 11.6. The van der Waals surface area contributed by atoms with Gasteiger partial charge in [-0.15, -0.1) is 0 Å². The van der Waals surface area contributed by atoms with E-state index in [0.717, 1.165) is 4.31 Å². The highest BCUT2D eigenvalue weighted by molar-refractivity contribution is 7.89. The van der Waals surface area contributed by atoms with Gasteiger partial charge in [0.1, 0.15) is 0 Å². The third kappa shape index (κ3) is 3.06. The van der Waals surface area contributed by atoms with Gasteiger partial charge in [0, 0.05) is 18.1 Å². The van der Waals surface area contributed by atoms with E-state index in [2.05, 4.69) is 0 Å². The van der Waals surface area contributed by atoms with Crippen LogP contribution in [0.5, 0.6) is 0 Å². The van der Waals surface area contributed by atoms with Crippen LogP contribution in [0, 0.1) is 6.92 Å². The Morgan fingerprint density at radius 1 is 1.43 bits per heavy atom. The van der Waals surface area contributed by atoms with Crippen LogP contribution in [0.3, 0.4) is 0 Å². The number of aromatic carboxylic acids is 1. The summed E-state index contributed by atoms with van der Waals surface area (Å²) in [4.78, 5) is 11.0. The van der Waals surface area contributed by atoms with Crippen molar-refractivity contribution in [3.05, 3.63) is 28.3 Å². The SMILES string of the molecule is Cc1c(C(=O)O)cc(Cl)cc1S(=O)(=O)N1CCC(C)(O)C1. The van der Waals surface area contributed by atoms with Crippen LogP contribution >= 0.6 is 11.6 Å². The molecule has 0 aliphatic carbocycles. The lowest BCUT2D eigenvalue weighted by molar-refractivity contribution is 0.0694. The Bertz CT molecular complexity index is 699. The molecule has 1 aliphatic heterocycles. The number of nitrogens with zero attached hydrogens (tertiary/aromatic N) is 1. The Hall–Kier alpha value is -1.15. The lowest BCUT2D eigenvalue weighted by atomic mass is 10.1. The third-order valence-electron chi connectivity index (χ3n) is 3.59. The van der Waals surface area contributed by atoms with Gasteiger partial charge in [-0.3, -0.25) is 0 Å². The molecule has 0 spiro atoms. The van der Waals surface area contributed by atoms with Crippen molar-refractivity contribution in [2.24, 2.45) is 0 Å². The molecule has 1 aromatic carbocycles. The molecule has 1 fully saturated rings. The first-order valence-electron chi connectivity index (χ1n) is 6.30. The largest absolute Gasteiger partial charge is 0.478 e. The second kappa shape index (κ2) is 5.24. The Kier molecular flexibility index (Phi) is 4.05. The van der Waals surface area contributed by atoms with Crippen molar-refractivity contribution in [3.63, 3.8) is 0 Å². The van der Waals surface area contributed by atoms with Gasteiger partial charge in [0.15, 0.2) is 0 Å². The zero-order valence-corrected chi connectivity index (χ0v) is 13.2. The highest BCUT2D eigenvalue weighted by Gasteiger charge is 2.39. The summed E-state index contributed by atoms with van der Waals surface area (Å²) in [5.74, 6) is -1.24. The molecule has 1 aromatic rings. The Morgan fingerprint density at radius 3 is 2.52 bits per heavy atom. The van der Waals surface area contributed by atoms with Crippen LogP contribution < -0.4 is 0 Å². The number of aliphatic hydroxyl groups is 1. The number of halogens is 1. The summed E-state index contributed by atoms with van der Waals surface area (Å²) >= 11 is 5.84. The smallest absolute Gasteiger partial charge is 0.336 e. The van der Waals surface area contributed by atoms with Crippen molar-refractivity contribution in [1.82, 2.24) is 4.31 Å². The van der Waals surface area contributed by atoms with Gasteiger partial charge in [-0.2, -0.15) is 4.31 Å². The predicted octanol–water partition coefficient (Wildman–Crippen LogP) is 1.49. The molecule has 0 bridgehead atoms. The minimum Gasteiger partial charge on any atom is -0.478 e. The summed E-state index contributed by atoms with van der Waals surface area (Å²) < 4.78 is 26.4. The van der Waals surface area contributed by atoms with Crippen molar-refractivity contribution >= 4 is 27.6 Å². The maximum atomic E-state index is 12.6. The first-order chi connectivity index (χ1) is 9.54. The first kappa shape index (κ1) is 16.2. The molecule has 1 aliphatic rings. The van der Waals surface area contributed by atoms with E-state index in [1.165, 1.54) is 19.1 Å². The average Bonchev–Trinajstić information content (AvgIpc) is 2.72. The summed E-state index contributed by atoms with van der Waals surface area (Å²) in [6.07, 6.45) is 0.331. The van der Waals surface area contributed by atoms with E-state index in [1.54, 1.807) is 6.92 Å². The highest BCUT2D eigenvalue weighted by atomic mass is 35.5. The number of carboxylic acids is 1. The number of rotatable bonds is 3. The standard InChI is InChI=1S/C13H16ClNO5S/c1-8-10(12(16)17)5-9(14)6-11(8)21(19,20)15-4-3-13(2,18)7-15/h5-6,18H,3-4,7H2,1-2H3,(H,16,17). The van der Waals surface area contributed by atoms with Gasteiger partial charge in [-0.25, -0.2) is 13.2 Å². The summed E-state index contributed by atoms with van der Waals surface area (Å²) in [6.45, 7) is 3.16. The van der Waals surface area contributed by atoms with Crippen LogP contribution in [0.25, 0.3) is 0 Å². The molecule has 1 saturated heterocycles. The summed E-state index contributed by atoms with van der Waals surface area (Å²) in [7, 11) is -3.89. The van der Waals surface area contributed by atoms with Crippen LogP contribution in [0.15, 0.2) is 17.0 Å². The average molecular weight is 334 g/mol. The van der Waals surface area contributed by atoms with Crippen LogP contribution in [-0.2, 0) is 10.0 Å². The van der Waals surface area contributed by atoms with Crippen LogP contribution in [0.2, 0.25) is 5.02 Å². The van der Waals surface area contributed by atoms with Gasteiger partial charge in [0.25, 0.3) is 0 Å². The van der Waals surface area contributed by atoms with E-state index >= 15 is 0 Å². The van der Waals surface area contributed by atoms with Crippen LogP contribution in [0.4, 0.5) is 0 Å². The van der Waals surface area contributed by atoms with Gasteiger partial charge in [0.2, 0.25) is 10.0 Å². The summed E-state index contributed by atoms with van der Waals surface area (Å²) in [5, 5.41) is 19.1. The Balaban J connectivity index is 2.53. The molecule has 0 radical (unpaired) electrons. The minimum absolute atomic E-state index is 0.0241. The van der Waals surface area contributed by atoms with E-state index < -0.39 is 21.6 Å².